The molecule has 0 amide bonds. The van der Waals surface area contributed by atoms with Crippen molar-refractivity contribution >= 4 is 23.4 Å². The molecular formula is C14H17ClN2OS. The third-order valence-electron chi connectivity index (χ3n) is 2.37. The summed E-state index contributed by atoms with van der Waals surface area (Å²) in [7, 11) is 0. The van der Waals surface area contributed by atoms with Crippen LogP contribution in [0.15, 0.2) is 34.9 Å². The summed E-state index contributed by atoms with van der Waals surface area (Å²) in [6.07, 6.45) is 1.69. The molecule has 0 fully saturated rings. The molecule has 1 aromatic heterocycles. The maximum atomic E-state index is 5.93. The van der Waals surface area contributed by atoms with Crippen LogP contribution in [0.4, 0.5) is 0 Å². The Kier molecular flexibility index (Phi) is 4.55. The Hall–Kier alpha value is -0.970. The highest BCUT2D eigenvalue weighted by atomic mass is 35.5. The largest absolute Gasteiger partial charge is 0.444 e. The van der Waals surface area contributed by atoms with Crippen LogP contribution in [0.25, 0.3) is 11.5 Å². The van der Waals surface area contributed by atoms with E-state index in [0.717, 1.165) is 22.8 Å². The molecule has 0 atom stereocenters. The molecule has 0 radical (unpaired) electrons. The van der Waals surface area contributed by atoms with Gasteiger partial charge in [0, 0.05) is 27.6 Å². The van der Waals surface area contributed by atoms with Gasteiger partial charge in [0.05, 0.1) is 5.69 Å². The fraction of sp³-hybridized carbons (Fsp3) is 0.357. The first-order valence-electron chi connectivity index (χ1n) is 6.01. The Morgan fingerprint density at radius 3 is 2.63 bits per heavy atom. The summed E-state index contributed by atoms with van der Waals surface area (Å²) in [6.45, 7) is 4.03. The summed E-state index contributed by atoms with van der Waals surface area (Å²) in [5.74, 6) is 2.31. The number of hydrogen-bond donors (Lipinski definition) is 1. The number of hydrogen-bond acceptors (Lipinski definition) is 4. The Morgan fingerprint density at radius 2 is 2.00 bits per heavy atom. The maximum absolute atomic E-state index is 5.93. The number of aromatic nitrogens is 1. The van der Waals surface area contributed by atoms with Gasteiger partial charge in [-0.2, -0.15) is 11.8 Å². The molecule has 102 valence electrons. The summed E-state index contributed by atoms with van der Waals surface area (Å²) in [5, 5.41) is 0.705. The molecule has 0 aliphatic carbocycles. The van der Waals surface area contributed by atoms with Gasteiger partial charge in [-0.15, -0.1) is 0 Å². The van der Waals surface area contributed by atoms with E-state index in [9.17, 15) is 0 Å². The first-order chi connectivity index (χ1) is 8.94. The van der Waals surface area contributed by atoms with E-state index in [1.807, 2.05) is 38.1 Å². The molecule has 0 aliphatic heterocycles. The van der Waals surface area contributed by atoms with E-state index < -0.39 is 0 Å². The van der Waals surface area contributed by atoms with Crippen molar-refractivity contribution in [2.45, 2.75) is 25.1 Å². The van der Waals surface area contributed by atoms with Crippen molar-refractivity contribution in [3.8, 4) is 11.5 Å². The summed E-state index contributed by atoms with van der Waals surface area (Å²) < 4.78 is 5.47. The van der Waals surface area contributed by atoms with Gasteiger partial charge in [0.15, 0.2) is 0 Å². The number of oxazole rings is 1. The monoisotopic (exact) mass is 296 g/mol. The number of halogens is 1. The van der Waals surface area contributed by atoms with Crippen molar-refractivity contribution < 1.29 is 4.42 Å². The molecule has 0 saturated heterocycles. The SMILES string of the molecule is CC(C)(N)CSCc1coc(-c2ccc(Cl)cc2)n1. The topological polar surface area (TPSA) is 52.0 Å². The molecule has 2 N–H and O–H groups in total. The van der Waals surface area contributed by atoms with Gasteiger partial charge in [-0.05, 0) is 38.1 Å². The highest BCUT2D eigenvalue weighted by Crippen LogP contribution is 2.23. The van der Waals surface area contributed by atoms with Crippen molar-refractivity contribution in [2.75, 3.05) is 5.75 Å². The van der Waals surface area contributed by atoms with E-state index in [2.05, 4.69) is 4.98 Å². The van der Waals surface area contributed by atoms with Crippen molar-refractivity contribution in [1.82, 2.24) is 4.98 Å². The van der Waals surface area contributed by atoms with Gasteiger partial charge in [0.1, 0.15) is 6.26 Å². The van der Waals surface area contributed by atoms with Gasteiger partial charge in [0.2, 0.25) is 5.89 Å². The third-order valence-corrected chi connectivity index (χ3v) is 4.07. The van der Waals surface area contributed by atoms with Crippen molar-refractivity contribution in [3.05, 3.63) is 41.2 Å². The lowest BCUT2D eigenvalue weighted by atomic mass is 10.1. The fourth-order valence-corrected chi connectivity index (χ4v) is 2.61. The van der Waals surface area contributed by atoms with E-state index in [4.69, 9.17) is 21.8 Å². The molecule has 0 saturated carbocycles. The van der Waals surface area contributed by atoms with Gasteiger partial charge < -0.3 is 10.2 Å². The van der Waals surface area contributed by atoms with Gasteiger partial charge in [0.25, 0.3) is 0 Å². The van der Waals surface area contributed by atoms with Crippen LogP contribution in [0.1, 0.15) is 19.5 Å². The molecule has 0 spiro atoms. The molecule has 1 aromatic carbocycles. The summed E-state index contributed by atoms with van der Waals surface area (Å²) in [6, 6.07) is 7.45. The van der Waals surface area contributed by atoms with Crippen LogP contribution in [0.2, 0.25) is 5.02 Å². The minimum atomic E-state index is -0.159. The van der Waals surface area contributed by atoms with Gasteiger partial charge >= 0.3 is 0 Å². The molecular weight excluding hydrogens is 280 g/mol. The highest BCUT2D eigenvalue weighted by molar-refractivity contribution is 7.98. The number of benzene rings is 1. The quantitative estimate of drug-likeness (QED) is 0.907. The van der Waals surface area contributed by atoms with Crippen LogP contribution in [0, 0.1) is 0 Å². The van der Waals surface area contributed by atoms with Crippen LogP contribution < -0.4 is 5.73 Å². The Bertz CT molecular complexity index is 531. The van der Waals surface area contributed by atoms with Crippen LogP contribution in [-0.4, -0.2) is 16.3 Å². The second kappa shape index (κ2) is 5.99. The molecule has 0 unspecified atom stereocenters. The minimum Gasteiger partial charge on any atom is -0.444 e. The Balaban J connectivity index is 1.97. The van der Waals surface area contributed by atoms with E-state index >= 15 is 0 Å². The molecule has 2 aromatic rings. The molecule has 3 nitrogen and oxygen atoms in total. The van der Waals surface area contributed by atoms with Crippen molar-refractivity contribution in [1.29, 1.82) is 0 Å². The normalized spacial score (nSPS) is 11.8. The van der Waals surface area contributed by atoms with Gasteiger partial charge in [-0.25, -0.2) is 4.98 Å². The lowest BCUT2D eigenvalue weighted by molar-refractivity contribution is 0.573. The van der Waals surface area contributed by atoms with Gasteiger partial charge in [-0.1, -0.05) is 11.6 Å². The minimum absolute atomic E-state index is 0.159. The average Bonchev–Trinajstić information content (AvgIpc) is 2.77. The summed E-state index contributed by atoms with van der Waals surface area (Å²) in [4.78, 5) is 4.46. The lowest BCUT2D eigenvalue weighted by Crippen LogP contribution is -2.34. The number of rotatable bonds is 5. The fourth-order valence-electron chi connectivity index (χ4n) is 1.52. The van der Waals surface area contributed by atoms with E-state index in [-0.39, 0.29) is 5.54 Å². The van der Waals surface area contributed by atoms with Crippen LogP contribution in [0.5, 0.6) is 0 Å². The summed E-state index contributed by atoms with van der Waals surface area (Å²) >= 11 is 7.61. The maximum Gasteiger partial charge on any atom is 0.226 e. The zero-order valence-corrected chi connectivity index (χ0v) is 12.6. The predicted molar refractivity (Wildman–Crippen MR) is 81.4 cm³/mol. The average molecular weight is 297 g/mol. The van der Waals surface area contributed by atoms with Crippen molar-refractivity contribution in [3.63, 3.8) is 0 Å². The first kappa shape index (κ1) is 14.4. The molecule has 5 heteroatoms. The first-order valence-corrected chi connectivity index (χ1v) is 7.54. The van der Waals surface area contributed by atoms with Crippen LogP contribution in [0.3, 0.4) is 0 Å². The number of nitrogens with zero attached hydrogens (tertiary/aromatic N) is 1. The molecule has 2 rings (SSSR count). The molecule has 1 heterocycles. The van der Waals surface area contributed by atoms with Crippen LogP contribution in [-0.2, 0) is 5.75 Å². The second-order valence-corrected chi connectivity index (χ2v) is 6.55. The second-order valence-electron chi connectivity index (χ2n) is 5.13. The van der Waals surface area contributed by atoms with Gasteiger partial charge in [-0.3, -0.25) is 0 Å². The van der Waals surface area contributed by atoms with E-state index in [1.54, 1.807) is 18.0 Å². The smallest absolute Gasteiger partial charge is 0.226 e. The van der Waals surface area contributed by atoms with E-state index in [0.29, 0.717) is 10.9 Å². The summed E-state index contributed by atoms with van der Waals surface area (Å²) in [5.41, 5.74) is 7.63. The number of nitrogens with two attached hydrogens (primary N) is 1. The zero-order valence-electron chi connectivity index (χ0n) is 11.0. The highest BCUT2D eigenvalue weighted by Gasteiger charge is 2.12. The Morgan fingerprint density at radius 1 is 1.32 bits per heavy atom. The Labute approximate surface area is 122 Å². The standard InChI is InChI=1S/C14H17ClN2OS/c1-14(2,16)9-19-8-12-7-18-13(17-12)10-3-5-11(15)6-4-10/h3-7H,8-9,16H2,1-2H3. The number of thioether (sulfide) groups is 1. The van der Waals surface area contributed by atoms with Crippen molar-refractivity contribution in [2.24, 2.45) is 5.73 Å². The molecule has 19 heavy (non-hydrogen) atoms. The molecule has 0 bridgehead atoms. The van der Waals surface area contributed by atoms with E-state index in [1.165, 1.54) is 0 Å². The third kappa shape index (κ3) is 4.56. The zero-order chi connectivity index (χ0) is 13.9. The van der Waals surface area contributed by atoms with Crippen LogP contribution >= 0.6 is 23.4 Å². The molecule has 0 aliphatic rings. The lowest BCUT2D eigenvalue weighted by Gasteiger charge is -2.16. The predicted octanol–water partition coefficient (Wildman–Crippen LogP) is 3.97.